The molecule has 0 saturated carbocycles. The van der Waals surface area contributed by atoms with E-state index in [1.165, 1.54) is 0 Å². The highest BCUT2D eigenvalue weighted by Crippen LogP contribution is 2.18. The molecule has 5 nitrogen and oxygen atoms in total. The molecule has 1 fully saturated rings. The maximum atomic E-state index is 11.9. The largest absolute Gasteiger partial charge is 0.493 e. The van der Waals surface area contributed by atoms with Crippen LogP contribution in [-0.4, -0.2) is 41.6 Å². The number of carboxylic acid groups (broad SMARTS) is 1. The normalized spacial score (nSPS) is 18.1. The number of carboxylic acids is 1. The van der Waals surface area contributed by atoms with Crippen molar-refractivity contribution < 1.29 is 19.4 Å². The number of carbonyl (C=O) groups excluding carboxylic acids is 1. The molecule has 1 aliphatic heterocycles. The lowest BCUT2D eigenvalue weighted by Crippen LogP contribution is -2.30. The summed E-state index contributed by atoms with van der Waals surface area (Å²) >= 11 is 5.76. The van der Waals surface area contributed by atoms with Crippen LogP contribution in [0.1, 0.15) is 12.8 Å². The van der Waals surface area contributed by atoms with Crippen LogP contribution in [0.4, 0.5) is 0 Å². The summed E-state index contributed by atoms with van der Waals surface area (Å²) in [6.45, 7) is 1.08. The number of halogens is 1. The van der Waals surface area contributed by atoms with Crippen molar-refractivity contribution in [1.29, 1.82) is 0 Å². The molecule has 20 heavy (non-hydrogen) atoms. The third-order valence-corrected chi connectivity index (χ3v) is 3.54. The van der Waals surface area contributed by atoms with Gasteiger partial charge in [0.25, 0.3) is 0 Å². The summed E-state index contributed by atoms with van der Waals surface area (Å²) < 4.78 is 5.44. The molecule has 1 saturated heterocycles. The van der Waals surface area contributed by atoms with Gasteiger partial charge in [0.2, 0.25) is 5.91 Å². The van der Waals surface area contributed by atoms with Crippen molar-refractivity contribution in [1.82, 2.24) is 4.90 Å². The van der Waals surface area contributed by atoms with E-state index in [9.17, 15) is 9.59 Å². The monoisotopic (exact) mass is 297 g/mol. The molecule has 1 aromatic carbocycles. The fourth-order valence-electron chi connectivity index (χ4n) is 2.13. The van der Waals surface area contributed by atoms with Crippen molar-refractivity contribution >= 4 is 23.5 Å². The lowest BCUT2D eigenvalue weighted by atomic mass is 10.1. The van der Waals surface area contributed by atoms with Gasteiger partial charge in [-0.25, -0.2) is 0 Å². The number of ether oxygens (including phenoxy) is 1. The summed E-state index contributed by atoms with van der Waals surface area (Å²) in [6, 6.07) is 6.92. The van der Waals surface area contributed by atoms with Gasteiger partial charge < -0.3 is 14.7 Å². The minimum Gasteiger partial charge on any atom is -0.493 e. The Morgan fingerprint density at radius 2 is 2.05 bits per heavy atom. The summed E-state index contributed by atoms with van der Waals surface area (Å²) in [5.74, 6) is -0.677. The Bertz CT molecular complexity index is 488. The summed E-state index contributed by atoms with van der Waals surface area (Å²) in [5, 5.41) is 9.52. The Kier molecular flexibility index (Phi) is 4.84. The van der Waals surface area contributed by atoms with Gasteiger partial charge in [-0.05, 0) is 30.7 Å². The molecule has 0 unspecified atom stereocenters. The van der Waals surface area contributed by atoms with Gasteiger partial charge in [-0.15, -0.1) is 0 Å². The summed E-state index contributed by atoms with van der Waals surface area (Å²) in [5.41, 5.74) is 0. The van der Waals surface area contributed by atoms with Crippen LogP contribution in [0.2, 0.25) is 5.02 Å². The smallest absolute Gasteiger partial charge is 0.308 e. The molecule has 1 N–H and O–H groups in total. The van der Waals surface area contributed by atoms with Crippen LogP contribution in [0.3, 0.4) is 0 Å². The Hall–Kier alpha value is -1.75. The van der Waals surface area contributed by atoms with E-state index in [4.69, 9.17) is 21.4 Å². The van der Waals surface area contributed by atoms with Crippen molar-refractivity contribution in [3.05, 3.63) is 29.3 Å². The molecule has 0 spiro atoms. The molecule has 6 heteroatoms. The predicted molar refractivity (Wildman–Crippen MR) is 73.9 cm³/mol. The molecule has 108 valence electrons. The van der Waals surface area contributed by atoms with E-state index in [1.54, 1.807) is 29.2 Å². The van der Waals surface area contributed by atoms with Crippen LogP contribution in [0.5, 0.6) is 5.75 Å². The molecule has 1 amide bonds. The van der Waals surface area contributed by atoms with Gasteiger partial charge >= 0.3 is 5.97 Å². The van der Waals surface area contributed by atoms with E-state index < -0.39 is 11.9 Å². The van der Waals surface area contributed by atoms with Crippen molar-refractivity contribution in [2.24, 2.45) is 5.92 Å². The van der Waals surface area contributed by atoms with E-state index in [0.717, 1.165) is 0 Å². The molecule has 0 radical (unpaired) electrons. The second-order valence-electron chi connectivity index (χ2n) is 4.72. The van der Waals surface area contributed by atoms with Crippen molar-refractivity contribution in [3.8, 4) is 5.75 Å². The molecule has 0 aromatic heterocycles. The Morgan fingerprint density at radius 1 is 1.35 bits per heavy atom. The first-order valence-electron chi connectivity index (χ1n) is 6.45. The number of rotatable bonds is 5. The average molecular weight is 298 g/mol. The zero-order valence-electron chi connectivity index (χ0n) is 10.9. The minimum atomic E-state index is -0.835. The van der Waals surface area contributed by atoms with E-state index >= 15 is 0 Å². The lowest BCUT2D eigenvalue weighted by molar-refractivity contribution is -0.141. The van der Waals surface area contributed by atoms with Crippen LogP contribution in [0, 0.1) is 5.92 Å². The van der Waals surface area contributed by atoms with E-state index in [0.29, 0.717) is 30.3 Å². The molecule has 1 aromatic rings. The summed E-state index contributed by atoms with van der Waals surface area (Å²) in [7, 11) is 0. The second-order valence-corrected chi connectivity index (χ2v) is 5.15. The van der Waals surface area contributed by atoms with Crippen LogP contribution in [0.25, 0.3) is 0 Å². The first-order valence-corrected chi connectivity index (χ1v) is 6.83. The molecule has 1 heterocycles. The standard InChI is InChI=1S/C14H16ClNO4/c15-11-1-3-12(4-2-11)20-8-6-13(17)16-7-5-10(9-16)14(18)19/h1-4,10H,5-9H2,(H,18,19)/t10-/m0/s1. The maximum Gasteiger partial charge on any atom is 0.308 e. The van der Waals surface area contributed by atoms with Crippen LogP contribution >= 0.6 is 11.6 Å². The highest BCUT2D eigenvalue weighted by molar-refractivity contribution is 6.30. The van der Waals surface area contributed by atoms with E-state index in [2.05, 4.69) is 0 Å². The van der Waals surface area contributed by atoms with E-state index in [-0.39, 0.29) is 18.9 Å². The van der Waals surface area contributed by atoms with Gasteiger partial charge in [0.05, 0.1) is 18.9 Å². The number of likely N-dealkylation sites (tertiary alicyclic amines) is 1. The Balaban J connectivity index is 1.73. The van der Waals surface area contributed by atoms with Gasteiger partial charge in [0.15, 0.2) is 0 Å². The number of aliphatic carboxylic acids is 1. The minimum absolute atomic E-state index is 0.0669. The quantitative estimate of drug-likeness (QED) is 0.903. The number of hydrogen-bond acceptors (Lipinski definition) is 3. The summed E-state index contributed by atoms with van der Waals surface area (Å²) in [6.07, 6.45) is 0.772. The first-order chi connectivity index (χ1) is 9.56. The number of hydrogen-bond donors (Lipinski definition) is 1. The average Bonchev–Trinajstić information content (AvgIpc) is 2.91. The molecular formula is C14H16ClNO4. The number of carbonyl (C=O) groups is 2. The van der Waals surface area contributed by atoms with Gasteiger partial charge in [-0.3, -0.25) is 9.59 Å². The number of amides is 1. The van der Waals surface area contributed by atoms with Crippen LogP contribution in [-0.2, 0) is 9.59 Å². The molecule has 1 atom stereocenters. The first kappa shape index (κ1) is 14.7. The molecule has 1 aliphatic rings. The zero-order valence-corrected chi connectivity index (χ0v) is 11.7. The van der Waals surface area contributed by atoms with Gasteiger partial charge in [-0.1, -0.05) is 11.6 Å². The molecular weight excluding hydrogens is 282 g/mol. The molecule has 0 bridgehead atoms. The second kappa shape index (κ2) is 6.61. The number of nitrogens with zero attached hydrogens (tertiary/aromatic N) is 1. The molecule has 2 rings (SSSR count). The third kappa shape index (κ3) is 3.87. The highest BCUT2D eigenvalue weighted by Gasteiger charge is 2.30. The van der Waals surface area contributed by atoms with Crippen molar-refractivity contribution in [2.75, 3.05) is 19.7 Å². The fourth-order valence-corrected chi connectivity index (χ4v) is 2.26. The SMILES string of the molecule is O=C(O)[C@H]1CCN(C(=O)CCOc2ccc(Cl)cc2)C1. The predicted octanol–water partition coefficient (Wildman–Crippen LogP) is 2.04. The Morgan fingerprint density at radius 3 is 2.65 bits per heavy atom. The highest BCUT2D eigenvalue weighted by atomic mass is 35.5. The fraction of sp³-hybridized carbons (Fsp3) is 0.429. The number of benzene rings is 1. The molecule has 0 aliphatic carbocycles. The van der Waals surface area contributed by atoms with E-state index in [1.807, 2.05) is 0 Å². The maximum absolute atomic E-state index is 11.9. The van der Waals surface area contributed by atoms with Gasteiger partial charge in [0, 0.05) is 18.1 Å². The lowest BCUT2D eigenvalue weighted by Gasteiger charge is -2.15. The van der Waals surface area contributed by atoms with Crippen LogP contribution in [0.15, 0.2) is 24.3 Å². The van der Waals surface area contributed by atoms with Gasteiger partial charge in [0.1, 0.15) is 5.75 Å². The Labute approximate surface area is 122 Å². The van der Waals surface area contributed by atoms with Gasteiger partial charge in [-0.2, -0.15) is 0 Å². The summed E-state index contributed by atoms with van der Waals surface area (Å²) in [4.78, 5) is 24.3. The topological polar surface area (TPSA) is 66.8 Å². The third-order valence-electron chi connectivity index (χ3n) is 3.29. The zero-order chi connectivity index (χ0) is 14.5. The van der Waals surface area contributed by atoms with Crippen LogP contribution < -0.4 is 4.74 Å². The van der Waals surface area contributed by atoms with Crippen molar-refractivity contribution in [2.45, 2.75) is 12.8 Å². The van der Waals surface area contributed by atoms with Crippen molar-refractivity contribution in [3.63, 3.8) is 0 Å².